The summed E-state index contributed by atoms with van der Waals surface area (Å²) in [6.07, 6.45) is 8.52. The van der Waals surface area contributed by atoms with Gasteiger partial charge in [-0.05, 0) is 55.8 Å². The first-order valence-electron chi connectivity index (χ1n) is 11.1. The summed E-state index contributed by atoms with van der Waals surface area (Å²) in [6, 6.07) is 8.03. The molecule has 162 valence electrons. The Bertz CT molecular complexity index is 1050. The number of fused-ring (bicyclic) bond motifs is 1. The maximum absolute atomic E-state index is 12.2. The molecule has 0 radical (unpaired) electrons. The molecule has 4 rings (SSSR count). The second-order valence-corrected chi connectivity index (χ2v) is 8.29. The van der Waals surface area contributed by atoms with Crippen LogP contribution in [0.5, 0.6) is 0 Å². The Hall–Kier alpha value is -3.06. The van der Waals surface area contributed by atoms with Crippen molar-refractivity contribution in [2.24, 2.45) is 11.8 Å². The number of carbonyl (C=O) groups excluding carboxylic acids is 1. The van der Waals surface area contributed by atoms with Crippen LogP contribution in [0.3, 0.4) is 0 Å². The molecule has 1 aliphatic rings. The SMILES string of the molecule is CCC(C)C(=O)Nc1cc2cc(-c3cncc(NCC4CCNCC4)n3)ccc2cn1. The van der Waals surface area contributed by atoms with E-state index in [9.17, 15) is 4.79 Å². The van der Waals surface area contributed by atoms with E-state index < -0.39 is 0 Å². The van der Waals surface area contributed by atoms with E-state index in [-0.39, 0.29) is 11.8 Å². The van der Waals surface area contributed by atoms with Gasteiger partial charge in [0.2, 0.25) is 5.91 Å². The van der Waals surface area contributed by atoms with Crippen molar-refractivity contribution in [3.05, 3.63) is 42.9 Å². The van der Waals surface area contributed by atoms with Gasteiger partial charge < -0.3 is 16.0 Å². The van der Waals surface area contributed by atoms with E-state index in [0.29, 0.717) is 11.7 Å². The van der Waals surface area contributed by atoms with E-state index in [1.165, 1.54) is 12.8 Å². The average molecular weight is 419 g/mol. The highest BCUT2D eigenvalue weighted by Crippen LogP contribution is 2.25. The van der Waals surface area contributed by atoms with Gasteiger partial charge >= 0.3 is 0 Å². The number of benzene rings is 1. The Labute approximate surface area is 183 Å². The molecule has 1 aliphatic heterocycles. The lowest BCUT2D eigenvalue weighted by Crippen LogP contribution is -2.31. The van der Waals surface area contributed by atoms with Crippen LogP contribution in [-0.2, 0) is 4.79 Å². The molecule has 1 aromatic carbocycles. The van der Waals surface area contributed by atoms with Crippen molar-refractivity contribution in [3.63, 3.8) is 0 Å². The molecule has 1 amide bonds. The van der Waals surface area contributed by atoms with Crippen LogP contribution in [0.4, 0.5) is 11.6 Å². The molecule has 3 heterocycles. The fourth-order valence-corrected chi connectivity index (χ4v) is 3.73. The molecule has 7 heteroatoms. The van der Waals surface area contributed by atoms with E-state index >= 15 is 0 Å². The van der Waals surface area contributed by atoms with Gasteiger partial charge in [0.25, 0.3) is 0 Å². The van der Waals surface area contributed by atoms with Gasteiger partial charge in [0.05, 0.1) is 18.1 Å². The van der Waals surface area contributed by atoms with E-state index in [0.717, 1.165) is 53.9 Å². The largest absolute Gasteiger partial charge is 0.368 e. The lowest BCUT2D eigenvalue weighted by Gasteiger charge is -2.22. The highest BCUT2D eigenvalue weighted by Gasteiger charge is 2.14. The third kappa shape index (κ3) is 5.35. The number of pyridine rings is 1. The Morgan fingerprint density at radius 2 is 1.97 bits per heavy atom. The fourth-order valence-electron chi connectivity index (χ4n) is 3.73. The van der Waals surface area contributed by atoms with Gasteiger partial charge in [0, 0.05) is 29.6 Å². The number of aromatic nitrogens is 3. The van der Waals surface area contributed by atoms with Crippen LogP contribution in [0.25, 0.3) is 22.0 Å². The van der Waals surface area contributed by atoms with Crippen molar-refractivity contribution in [2.75, 3.05) is 30.3 Å². The van der Waals surface area contributed by atoms with Gasteiger partial charge in [-0.3, -0.25) is 9.78 Å². The molecule has 0 bridgehead atoms. The highest BCUT2D eigenvalue weighted by molar-refractivity contribution is 5.94. The van der Waals surface area contributed by atoms with Crippen LogP contribution in [0.2, 0.25) is 0 Å². The molecule has 1 unspecified atom stereocenters. The summed E-state index contributed by atoms with van der Waals surface area (Å²) < 4.78 is 0. The minimum absolute atomic E-state index is 0.0103. The van der Waals surface area contributed by atoms with Crippen molar-refractivity contribution in [1.82, 2.24) is 20.3 Å². The van der Waals surface area contributed by atoms with Crippen LogP contribution in [-0.4, -0.2) is 40.5 Å². The minimum atomic E-state index is -0.0424. The summed E-state index contributed by atoms with van der Waals surface area (Å²) in [5, 5.41) is 11.8. The zero-order chi connectivity index (χ0) is 21.6. The summed E-state index contributed by atoms with van der Waals surface area (Å²) >= 11 is 0. The number of nitrogens with one attached hydrogen (secondary N) is 3. The van der Waals surface area contributed by atoms with E-state index in [1.54, 1.807) is 18.6 Å². The minimum Gasteiger partial charge on any atom is -0.368 e. The second kappa shape index (κ2) is 9.83. The van der Waals surface area contributed by atoms with Crippen molar-refractivity contribution < 1.29 is 4.79 Å². The van der Waals surface area contributed by atoms with Gasteiger partial charge in [0.15, 0.2) is 0 Å². The van der Waals surface area contributed by atoms with Gasteiger partial charge in [-0.15, -0.1) is 0 Å². The third-order valence-electron chi connectivity index (χ3n) is 5.99. The number of hydrogen-bond donors (Lipinski definition) is 3. The summed E-state index contributed by atoms with van der Waals surface area (Å²) in [6.45, 7) is 7.01. The van der Waals surface area contributed by atoms with Crippen LogP contribution < -0.4 is 16.0 Å². The number of hydrogen-bond acceptors (Lipinski definition) is 6. The zero-order valence-corrected chi connectivity index (χ0v) is 18.2. The number of piperidine rings is 1. The first kappa shape index (κ1) is 21.2. The summed E-state index contributed by atoms with van der Waals surface area (Å²) in [5.74, 6) is 1.98. The van der Waals surface area contributed by atoms with Crippen molar-refractivity contribution in [2.45, 2.75) is 33.1 Å². The average Bonchev–Trinajstić information content (AvgIpc) is 2.82. The molecule has 7 nitrogen and oxygen atoms in total. The molecule has 3 aromatic rings. The molecule has 0 saturated carbocycles. The predicted molar refractivity (Wildman–Crippen MR) is 125 cm³/mol. The summed E-state index contributed by atoms with van der Waals surface area (Å²) in [5.41, 5.74) is 1.80. The summed E-state index contributed by atoms with van der Waals surface area (Å²) in [7, 11) is 0. The van der Waals surface area contributed by atoms with E-state index in [2.05, 4.69) is 32.0 Å². The Kier molecular flexibility index (Phi) is 6.72. The Morgan fingerprint density at radius 1 is 1.13 bits per heavy atom. The molecule has 1 fully saturated rings. The first-order valence-corrected chi connectivity index (χ1v) is 11.1. The number of amides is 1. The monoisotopic (exact) mass is 418 g/mol. The maximum atomic E-state index is 12.2. The summed E-state index contributed by atoms with van der Waals surface area (Å²) in [4.78, 5) is 25.7. The molecule has 1 atom stereocenters. The molecule has 0 aliphatic carbocycles. The molecular formula is C24H30N6O. The normalized spacial score (nSPS) is 15.5. The van der Waals surface area contributed by atoms with Gasteiger partial charge in [-0.2, -0.15) is 0 Å². The topological polar surface area (TPSA) is 91.8 Å². The molecule has 0 spiro atoms. The van der Waals surface area contributed by atoms with Crippen LogP contribution in [0.15, 0.2) is 42.9 Å². The van der Waals surface area contributed by atoms with Crippen molar-refractivity contribution in [1.29, 1.82) is 0 Å². The van der Waals surface area contributed by atoms with Crippen LogP contribution in [0, 0.1) is 11.8 Å². The van der Waals surface area contributed by atoms with Crippen molar-refractivity contribution in [3.8, 4) is 11.3 Å². The zero-order valence-electron chi connectivity index (χ0n) is 18.2. The molecule has 3 N–H and O–H groups in total. The first-order chi connectivity index (χ1) is 15.1. The van der Waals surface area contributed by atoms with Crippen molar-refractivity contribution >= 4 is 28.3 Å². The predicted octanol–water partition coefficient (Wildman–Crippen LogP) is 4.09. The Balaban J connectivity index is 1.51. The smallest absolute Gasteiger partial charge is 0.228 e. The molecule has 31 heavy (non-hydrogen) atoms. The number of rotatable bonds is 7. The van der Waals surface area contributed by atoms with Gasteiger partial charge in [-0.1, -0.05) is 26.0 Å². The van der Waals surface area contributed by atoms with Crippen LogP contribution >= 0.6 is 0 Å². The number of anilines is 2. The maximum Gasteiger partial charge on any atom is 0.228 e. The number of carbonyl (C=O) groups is 1. The number of nitrogens with zero attached hydrogens (tertiary/aromatic N) is 3. The highest BCUT2D eigenvalue weighted by atomic mass is 16.1. The lowest BCUT2D eigenvalue weighted by atomic mass is 9.98. The van der Waals surface area contributed by atoms with E-state index in [1.807, 2.05) is 32.0 Å². The second-order valence-electron chi connectivity index (χ2n) is 8.29. The lowest BCUT2D eigenvalue weighted by molar-refractivity contribution is -0.119. The molecule has 1 saturated heterocycles. The standard InChI is InChI=1S/C24H30N6O/c1-3-16(2)24(31)30-22-11-20-10-18(4-5-19(20)13-28-22)21-14-26-15-23(29-21)27-12-17-6-8-25-9-7-17/h4-5,10-11,13-17,25H,3,6-9,12H2,1-2H3,(H,27,29)(H,28,30,31). The molecular weight excluding hydrogens is 388 g/mol. The van der Waals surface area contributed by atoms with E-state index in [4.69, 9.17) is 4.98 Å². The van der Waals surface area contributed by atoms with Gasteiger partial charge in [0.1, 0.15) is 11.6 Å². The third-order valence-corrected chi connectivity index (χ3v) is 5.99. The Morgan fingerprint density at radius 3 is 2.77 bits per heavy atom. The quantitative estimate of drug-likeness (QED) is 0.535. The molecule has 2 aromatic heterocycles. The van der Waals surface area contributed by atoms with Gasteiger partial charge in [-0.25, -0.2) is 9.97 Å². The fraction of sp³-hybridized carbons (Fsp3) is 0.417. The van der Waals surface area contributed by atoms with Crippen LogP contribution in [0.1, 0.15) is 33.1 Å².